The summed E-state index contributed by atoms with van der Waals surface area (Å²) in [5.41, 5.74) is 0. The molecule has 0 aromatic carbocycles. The average Bonchev–Trinajstić information content (AvgIpc) is 2.27. The summed E-state index contributed by atoms with van der Waals surface area (Å²) in [5.74, 6) is -1.86. The van der Waals surface area contributed by atoms with Crippen molar-refractivity contribution in [2.45, 2.75) is 13.8 Å². The number of esters is 2. The van der Waals surface area contributed by atoms with Crippen molar-refractivity contribution in [1.82, 2.24) is 5.32 Å². The Balaban J connectivity index is 0. The zero-order valence-corrected chi connectivity index (χ0v) is 13.8. The smallest absolute Gasteiger partial charge is 0.487 e. The third kappa shape index (κ3) is 7.00. The SMILES string of the molecule is C=CCNC(=S)[C-](C(=O)OCC)C(=O)OCC.[Na+]. The van der Waals surface area contributed by atoms with Crippen molar-refractivity contribution in [3.8, 4) is 0 Å². The van der Waals surface area contributed by atoms with Gasteiger partial charge in [-0.3, -0.25) is 9.59 Å². The minimum Gasteiger partial charge on any atom is -0.487 e. The standard InChI is InChI=1S/C11H16NO4S.Na/c1-4-7-12-9(17)8(10(13)15-5-2)11(14)16-6-3;/h4H,1,5-7H2,2-3H3,(H,12,17);/q-1;+1. The van der Waals surface area contributed by atoms with Crippen LogP contribution in [0.15, 0.2) is 12.7 Å². The van der Waals surface area contributed by atoms with Gasteiger partial charge in [0.1, 0.15) is 0 Å². The molecule has 96 valence electrons. The third-order valence-corrected chi connectivity index (χ3v) is 1.94. The first kappa shape index (κ1) is 19.8. The maximum absolute atomic E-state index is 11.6. The van der Waals surface area contributed by atoms with Crippen LogP contribution in [-0.4, -0.2) is 36.7 Å². The van der Waals surface area contributed by atoms with E-state index in [0.29, 0.717) is 6.54 Å². The van der Waals surface area contributed by atoms with Crippen LogP contribution >= 0.6 is 12.2 Å². The van der Waals surface area contributed by atoms with Crippen LogP contribution in [-0.2, 0) is 19.1 Å². The van der Waals surface area contributed by atoms with E-state index >= 15 is 0 Å². The number of carbonyl (C=O) groups excluding carboxylic acids is 2. The molecule has 0 fully saturated rings. The van der Waals surface area contributed by atoms with Gasteiger partial charge < -0.3 is 14.8 Å². The molecule has 0 aliphatic rings. The van der Waals surface area contributed by atoms with Gasteiger partial charge in [0, 0.05) is 6.54 Å². The first-order valence-corrected chi connectivity index (χ1v) is 5.59. The van der Waals surface area contributed by atoms with Crippen LogP contribution in [0.3, 0.4) is 0 Å². The van der Waals surface area contributed by atoms with Gasteiger partial charge in [0.05, 0.1) is 13.2 Å². The second-order valence-electron chi connectivity index (χ2n) is 2.81. The molecule has 0 aromatic heterocycles. The van der Waals surface area contributed by atoms with E-state index in [1.807, 2.05) is 0 Å². The molecule has 0 saturated heterocycles. The number of nitrogens with one attached hydrogen (secondary N) is 1. The molecule has 0 heterocycles. The van der Waals surface area contributed by atoms with Crippen LogP contribution in [0.4, 0.5) is 0 Å². The summed E-state index contributed by atoms with van der Waals surface area (Å²) >= 11 is 4.92. The summed E-state index contributed by atoms with van der Waals surface area (Å²) < 4.78 is 9.48. The number of carbonyl (C=O) groups is 2. The molecule has 0 aromatic rings. The van der Waals surface area contributed by atoms with E-state index < -0.39 is 11.9 Å². The van der Waals surface area contributed by atoms with Gasteiger partial charge in [-0.2, -0.15) is 0 Å². The molecule has 18 heavy (non-hydrogen) atoms. The predicted molar refractivity (Wildman–Crippen MR) is 67.3 cm³/mol. The molecule has 0 amide bonds. The van der Waals surface area contributed by atoms with E-state index in [4.69, 9.17) is 21.7 Å². The van der Waals surface area contributed by atoms with E-state index in [0.717, 1.165) is 0 Å². The van der Waals surface area contributed by atoms with Gasteiger partial charge in [0.15, 0.2) is 11.9 Å². The Morgan fingerprint density at radius 3 is 2.06 bits per heavy atom. The Morgan fingerprint density at radius 2 is 1.72 bits per heavy atom. The van der Waals surface area contributed by atoms with Crippen molar-refractivity contribution in [3.63, 3.8) is 0 Å². The summed E-state index contributed by atoms with van der Waals surface area (Å²) in [5, 5.41) is 2.69. The summed E-state index contributed by atoms with van der Waals surface area (Å²) in [6, 6.07) is 0. The minimum atomic E-state index is -0.785. The van der Waals surface area contributed by atoms with E-state index in [2.05, 4.69) is 11.9 Å². The molecule has 0 unspecified atom stereocenters. The van der Waals surface area contributed by atoms with Crippen molar-refractivity contribution in [1.29, 1.82) is 0 Å². The maximum Gasteiger partial charge on any atom is 1.00 e. The van der Waals surface area contributed by atoms with Gasteiger partial charge in [-0.15, -0.1) is 24.7 Å². The molecule has 5 nitrogen and oxygen atoms in total. The summed E-state index contributed by atoms with van der Waals surface area (Å²) in [6.07, 6.45) is 1.56. The van der Waals surface area contributed by atoms with Crippen LogP contribution in [0.25, 0.3) is 0 Å². The summed E-state index contributed by atoms with van der Waals surface area (Å²) in [6.45, 7) is 7.44. The summed E-state index contributed by atoms with van der Waals surface area (Å²) in [4.78, 5) is 23.1. The fourth-order valence-corrected chi connectivity index (χ4v) is 1.18. The van der Waals surface area contributed by atoms with Crippen LogP contribution in [0.1, 0.15) is 13.8 Å². The number of hydrogen-bond acceptors (Lipinski definition) is 5. The number of rotatable bonds is 7. The first-order valence-electron chi connectivity index (χ1n) is 5.18. The molecular weight excluding hydrogens is 265 g/mol. The Labute approximate surface area is 135 Å². The molecule has 0 rings (SSSR count). The zero-order valence-electron chi connectivity index (χ0n) is 10.9. The fraction of sp³-hybridized carbons (Fsp3) is 0.455. The zero-order chi connectivity index (χ0) is 13.3. The second-order valence-corrected chi connectivity index (χ2v) is 3.22. The fourth-order valence-electron chi connectivity index (χ4n) is 0.929. The maximum atomic E-state index is 11.6. The molecule has 0 atom stereocenters. The average molecular weight is 281 g/mol. The number of ether oxygens (including phenoxy) is 2. The van der Waals surface area contributed by atoms with Crippen LogP contribution in [0.2, 0.25) is 0 Å². The Bertz CT molecular complexity index is 291. The van der Waals surface area contributed by atoms with Crippen LogP contribution in [0.5, 0.6) is 0 Å². The molecule has 0 bridgehead atoms. The van der Waals surface area contributed by atoms with Crippen molar-refractivity contribution >= 4 is 29.1 Å². The van der Waals surface area contributed by atoms with Gasteiger partial charge in [-0.25, -0.2) is 0 Å². The van der Waals surface area contributed by atoms with Crippen molar-refractivity contribution in [2.24, 2.45) is 0 Å². The number of hydrogen-bond donors (Lipinski definition) is 1. The second kappa shape index (κ2) is 11.5. The first-order chi connectivity index (χ1) is 8.08. The summed E-state index contributed by atoms with van der Waals surface area (Å²) in [7, 11) is 0. The number of thiocarbonyl (C=S) groups is 1. The Kier molecular flexibility index (Phi) is 12.7. The van der Waals surface area contributed by atoms with Gasteiger partial charge in [-0.05, 0) is 18.8 Å². The third-order valence-electron chi connectivity index (χ3n) is 1.59. The molecule has 7 heteroatoms. The van der Waals surface area contributed by atoms with Gasteiger partial charge >= 0.3 is 29.6 Å². The predicted octanol–water partition coefficient (Wildman–Crippen LogP) is -2.21. The minimum absolute atomic E-state index is 0. The van der Waals surface area contributed by atoms with E-state index in [1.54, 1.807) is 19.9 Å². The van der Waals surface area contributed by atoms with Crippen molar-refractivity contribution in [3.05, 3.63) is 18.6 Å². The van der Waals surface area contributed by atoms with Crippen molar-refractivity contribution in [2.75, 3.05) is 19.8 Å². The van der Waals surface area contributed by atoms with Crippen LogP contribution in [0, 0.1) is 5.92 Å². The van der Waals surface area contributed by atoms with E-state index in [1.165, 1.54) is 0 Å². The topological polar surface area (TPSA) is 64.6 Å². The molecule has 0 saturated carbocycles. The molecule has 0 spiro atoms. The van der Waals surface area contributed by atoms with Gasteiger partial charge in [-0.1, -0.05) is 6.08 Å². The van der Waals surface area contributed by atoms with E-state index in [-0.39, 0.29) is 53.7 Å². The molecule has 1 N–H and O–H groups in total. The normalized spacial score (nSPS) is 8.56. The van der Waals surface area contributed by atoms with Gasteiger partial charge in [0.2, 0.25) is 0 Å². The molecule has 0 radical (unpaired) electrons. The monoisotopic (exact) mass is 281 g/mol. The molecular formula is C11H16NNaO4S. The Morgan fingerprint density at radius 1 is 1.28 bits per heavy atom. The van der Waals surface area contributed by atoms with Gasteiger partial charge in [0.25, 0.3) is 0 Å². The molecule has 0 aliphatic carbocycles. The van der Waals surface area contributed by atoms with Crippen LogP contribution < -0.4 is 34.9 Å². The quantitative estimate of drug-likeness (QED) is 0.143. The largest absolute Gasteiger partial charge is 1.00 e. The molecule has 0 aliphatic heterocycles. The Hall–Kier alpha value is -0.560. The van der Waals surface area contributed by atoms with E-state index in [9.17, 15) is 9.59 Å². The van der Waals surface area contributed by atoms with Crippen molar-refractivity contribution < 1.29 is 48.6 Å².